The van der Waals surface area contributed by atoms with Crippen LogP contribution in [0.5, 0.6) is 5.75 Å². The second-order valence-electron chi connectivity index (χ2n) is 10.1. The van der Waals surface area contributed by atoms with Gasteiger partial charge in [0, 0.05) is 18.2 Å². The molecule has 1 aliphatic carbocycles. The Morgan fingerprint density at radius 2 is 1.89 bits per heavy atom. The van der Waals surface area contributed by atoms with E-state index in [2.05, 4.69) is 51.7 Å². The van der Waals surface area contributed by atoms with E-state index in [1.165, 1.54) is 15.8 Å². The van der Waals surface area contributed by atoms with Gasteiger partial charge in [-0.25, -0.2) is 10.5 Å². The summed E-state index contributed by atoms with van der Waals surface area (Å²) in [6.07, 6.45) is 2.14. The van der Waals surface area contributed by atoms with Gasteiger partial charge in [0.1, 0.15) is 11.5 Å². The van der Waals surface area contributed by atoms with E-state index in [0.717, 1.165) is 29.7 Å². The monoisotopic (exact) mass is 509 g/mol. The van der Waals surface area contributed by atoms with E-state index in [0.29, 0.717) is 17.1 Å². The summed E-state index contributed by atoms with van der Waals surface area (Å²) in [7, 11) is 1.64. The number of hydrogen-bond acceptors (Lipinski definition) is 6. The lowest BCUT2D eigenvalue weighted by Gasteiger charge is -2.19. The average Bonchev–Trinajstić information content (AvgIpc) is 3.38. The van der Waals surface area contributed by atoms with Crippen LogP contribution in [0.4, 0.5) is 11.4 Å². The number of aromatic amines is 1. The molecule has 9 nitrogen and oxygen atoms in total. The van der Waals surface area contributed by atoms with Crippen LogP contribution in [0.2, 0.25) is 0 Å². The fourth-order valence-electron chi connectivity index (χ4n) is 5.03. The molecule has 194 valence electrons. The molecule has 5 rings (SSSR count). The topological polar surface area (TPSA) is 133 Å². The van der Waals surface area contributed by atoms with E-state index in [-0.39, 0.29) is 28.1 Å². The Labute approximate surface area is 220 Å². The van der Waals surface area contributed by atoms with E-state index in [1.807, 2.05) is 30.3 Å². The zero-order valence-electron chi connectivity index (χ0n) is 21.9. The Hall–Kier alpha value is -4.50. The number of benzene rings is 3. The van der Waals surface area contributed by atoms with Crippen LogP contribution in [0.25, 0.3) is 16.8 Å². The normalized spacial score (nSPS) is 14.7. The number of nitrogens with two attached hydrogens (primary N) is 1. The van der Waals surface area contributed by atoms with Crippen LogP contribution in [0.1, 0.15) is 42.7 Å². The van der Waals surface area contributed by atoms with Crippen molar-refractivity contribution in [2.24, 2.45) is 21.1 Å². The van der Waals surface area contributed by atoms with Gasteiger partial charge in [-0.2, -0.15) is 0 Å². The number of nitrogens with one attached hydrogen (secondary N) is 2. The van der Waals surface area contributed by atoms with Gasteiger partial charge < -0.3 is 10.5 Å². The highest BCUT2D eigenvalue weighted by molar-refractivity contribution is 5.99. The lowest BCUT2D eigenvalue weighted by Crippen LogP contribution is -2.30. The number of nitrogens with zero attached hydrogens (tertiary/aromatic N) is 4. The van der Waals surface area contributed by atoms with Gasteiger partial charge in [-0.05, 0) is 66.1 Å². The maximum Gasteiger partial charge on any atom is 0.299 e. The number of aryl methyl sites for hydroxylation is 2. The number of H-pyrrole nitrogens is 1. The highest BCUT2D eigenvalue weighted by Gasteiger charge is 2.30. The third-order valence-electron chi connectivity index (χ3n) is 7.22. The zero-order chi connectivity index (χ0) is 27.0. The first kappa shape index (κ1) is 25.2. The van der Waals surface area contributed by atoms with Crippen molar-refractivity contribution in [2.45, 2.75) is 39.0 Å². The molecule has 0 amide bonds. The molecule has 1 aromatic heterocycles. The molecule has 0 saturated carbocycles. The van der Waals surface area contributed by atoms with Crippen LogP contribution >= 0.6 is 0 Å². The number of rotatable bonds is 5. The van der Waals surface area contributed by atoms with E-state index in [4.69, 9.17) is 5.84 Å². The summed E-state index contributed by atoms with van der Waals surface area (Å²) in [6.45, 7) is 6.24. The third-order valence-corrected chi connectivity index (χ3v) is 7.22. The highest BCUT2D eigenvalue weighted by atomic mass is 16.3. The van der Waals surface area contributed by atoms with Gasteiger partial charge in [0.2, 0.25) is 0 Å². The molecule has 0 atom stereocenters. The molecule has 9 heteroatoms. The Bertz CT molecular complexity index is 1640. The van der Waals surface area contributed by atoms with Crippen LogP contribution in [0.15, 0.2) is 80.7 Å². The number of aromatic nitrogens is 2. The second-order valence-corrected chi connectivity index (χ2v) is 10.1. The summed E-state index contributed by atoms with van der Waals surface area (Å²) >= 11 is 0. The molecule has 38 heavy (non-hydrogen) atoms. The average molecular weight is 510 g/mol. The van der Waals surface area contributed by atoms with Crippen LogP contribution in [-0.2, 0) is 11.8 Å². The maximum absolute atomic E-state index is 13.3. The van der Waals surface area contributed by atoms with E-state index >= 15 is 0 Å². The van der Waals surface area contributed by atoms with Gasteiger partial charge in [0.05, 0.1) is 11.4 Å². The zero-order valence-corrected chi connectivity index (χ0v) is 21.9. The fraction of sp³-hybridized carbons (Fsp3) is 0.241. The number of phenolic OH excluding ortho intramolecular Hbond substituents is 1. The molecule has 0 radical (unpaired) electrons. The van der Waals surface area contributed by atoms with Crippen molar-refractivity contribution in [1.29, 1.82) is 0 Å². The number of amidine groups is 1. The number of aromatic hydroxyl groups is 1. The van der Waals surface area contributed by atoms with Crippen molar-refractivity contribution < 1.29 is 5.11 Å². The van der Waals surface area contributed by atoms with E-state index < -0.39 is 0 Å². The molecule has 0 saturated heterocycles. The number of fused-ring (bicyclic) bond motifs is 1. The molecule has 0 bridgehead atoms. The first-order chi connectivity index (χ1) is 18.2. The smallest absolute Gasteiger partial charge is 0.299 e. The summed E-state index contributed by atoms with van der Waals surface area (Å²) in [5, 5.41) is 22.6. The van der Waals surface area contributed by atoms with Crippen LogP contribution in [-0.4, -0.2) is 27.8 Å². The van der Waals surface area contributed by atoms with Crippen molar-refractivity contribution in [2.75, 3.05) is 7.05 Å². The van der Waals surface area contributed by atoms with Gasteiger partial charge in [-0.1, -0.05) is 50.2 Å². The molecule has 5 N–H and O–H groups in total. The minimum absolute atomic E-state index is 0.0431. The van der Waals surface area contributed by atoms with Gasteiger partial charge in [-0.3, -0.25) is 14.9 Å². The number of aliphatic imine (C=N–C) groups is 1. The van der Waals surface area contributed by atoms with Crippen LogP contribution in [0, 0.1) is 6.92 Å². The highest BCUT2D eigenvalue weighted by Crippen LogP contribution is 2.40. The van der Waals surface area contributed by atoms with Crippen molar-refractivity contribution in [3.8, 4) is 22.6 Å². The van der Waals surface area contributed by atoms with E-state index in [9.17, 15) is 9.90 Å². The minimum atomic E-state index is -0.300. The summed E-state index contributed by atoms with van der Waals surface area (Å²) in [4.78, 5) is 17.4. The standard InChI is InChI=1S/C29H31N7O2/c1-17-25(28(38)36(35-17)21-12-11-18-13-14-29(2,3)23(18)16-21)34-33-24-10-6-9-22(26(24)37)19-7-5-8-20(15-19)27(31-4)32-30/h5-12,15-16,35,37H,13-14,30H2,1-4H3,(H,31,32). The number of phenols is 1. The number of azo groups is 1. The van der Waals surface area contributed by atoms with E-state index in [1.54, 1.807) is 32.2 Å². The van der Waals surface area contributed by atoms with Crippen molar-refractivity contribution in [3.05, 3.63) is 93.4 Å². The first-order valence-corrected chi connectivity index (χ1v) is 12.5. The largest absolute Gasteiger partial charge is 0.505 e. The maximum atomic E-state index is 13.3. The Kier molecular flexibility index (Phi) is 6.46. The summed E-state index contributed by atoms with van der Waals surface area (Å²) in [5.41, 5.74) is 8.83. The molecule has 0 unspecified atom stereocenters. The van der Waals surface area contributed by atoms with Crippen molar-refractivity contribution >= 4 is 17.2 Å². The molecule has 0 spiro atoms. The molecular weight excluding hydrogens is 478 g/mol. The number of hydrazine groups is 1. The molecule has 0 aliphatic heterocycles. The van der Waals surface area contributed by atoms with Gasteiger partial charge in [0.25, 0.3) is 5.56 Å². The first-order valence-electron chi connectivity index (χ1n) is 12.5. The number of hydrogen-bond donors (Lipinski definition) is 4. The summed E-state index contributed by atoms with van der Waals surface area (Å²) < 4.78 is 1.50. The lowest BCUT2D eigenvalue weighted by molar-refractivity contribution is 0.478. The number of para-hydroxylation sites is 1. The molecule has 0 fully saturated rings. The van der Waals surface area contributed by atoms with Gasteiger partial charge >= 0.3 is 0 Å². The molecule has 1 aliphatic rings. The predicted molar refractivity (Wildman–Crippen MR) is 150 cm³/mol. The SMILES string of the molecule is CN=C(NN)c1cccc(-c2cccc(N=Nc3c(C)[nH]n(-c4ccc5c(c4)C(C)(C)CC5)c3=O)c2O)c1. The second kappa shape index (κ2) is 9.75. The molecule has 1 heterocycles. The summed E-state index contributed by atoms with van der Waals surface area (Å²) in [5.74, 6) is 6.04. The summed E-state index contributed by atoms with van der Waals surface area (Å²) in [6, 6.07) is 18.8. The lowest BCUT2D eigenvalue weighted by atomic mass is 9.86. The Morgan fingerprint density at radius 1 is 1.11 bits per heavy atom. The quantitative estimate of drug-likeness (QED) is 0.0952. The Morgan fingerprint density at radius 3 is 2.66 bits per heavy atom. The molecule has 4 aromatic rings. The Balaban J connectivity index is 1.48. The molecular formula is C29H31N7O2. The van der Waals surface area contributed by atoms with Gasteiger partial charge in [-0.15, -0.1) is 10.2 Å². The van der Waals surface area contributed by atoms with Crippen LogP contribution in [0.3, 0.4) is 0 Å². The minimum Gasteiger partial charge on any atom is -0.505 e. The van der Waals surface area contributed by atoms with Gasteiger partial charge in [0.15, 0.2) is 11.4 Å². The van der Waals surface area contributed by atoms with Crippen molar-refractivity contribution in [3.63, 3.8) is 0 Å². The van der Waals surface area contributed by atoms with Crippen molar-refractivity contribution in [1.82, 2.24) is 15.2 Å². The predicted octanol–water partition coefficient (Wildman–Crippen LogP) is 5.33. The molecule has 3 aromatic carbocycles. The fourth-order valence-corrected chi connectivity index (χ4v) is 5.03. The third kappa shape index (κ3) is 4.41. The van der Waals surface area contributed by atoms with Crippen LogP contribution < -0.4 is 16.8 Å².